The van der Waals surface area contributed by atoms with Gasteiger partial charge >= 0.3 is 6.03 Å². The Bertz CT molecular complexity index is 1290. The fourth-order valence-corrected chi connectivity index (χ4v) is 6.62. The normalized spacial score (nSPS) is 20.4. The van der Waals surface area contributed by atoms with Crippen molar-refractivity contribution < 1.29 is 19.4 Å². The smallest absolute Gasteiger partial charge is 0.343 e. The van der Waals surface area contributed by atoms with Gasteiger partial charge in [0, 0.05) is 76.4 Å². The van der Waals surface area contributed by atoms with Gasteiger partial charge in [-0.3, -0.25) is 14.6 Å². The van der Waals surface area contributed by atoms with Crippen LogP contribution in [0.1, 0.15) is 43.7 Å². The lowest BCUT2D eigenvalue weighted by Gasteiger charge is -2.41. The number of nitrogen functional groups attached to an aromatic ring is 1. The third-order valence-corrected chi connectivity index (χ3v) is 9.35. The van der Waals surface area contributed by atoms with Gasteiger partial charge < -0.3 is 27.0 Å². The van der Waals surface area contributed by atoms with Crippen molar-refractivity contribution in [3.63, 3.8) is 0 Å². The number of carbonyl (C=O) groups excluding carboxylic acids is 2. The molecule has 1 aromatic rings. The number of halogens is 1. The number of nitrogens with two attached hydrogens (primary N) is 2. The zero-order valence-electron chi connectivity index (χ0n) is 27.8. The minimum atomic E-state index is -0.826. The first-order valence-corrected chi connectivity index (χ1v) is 16.9. The van der Waals surface area contributed by atoms with Crippen LogP contribution < -0.4 is 22.1 Å². The Hall–Kier alpha value is -3.26. The molecule has 1 aromatic carbocycles. The number of urea groups is 1. The number of nitrogens with one attached hydrogen (secondary N) is 2. The monoisotopic (exact) mass is 670 g/mol. The molecule has 3 aliphatic heterocycles. The van der Waals surface area contributed by atoms with Crippen LogP contribution in [0.15, 0.2) is 53.6 Å². The van der Waals surface area contributed by atoms with Gasteiger partial charge in [0.25, 0.3) is 5.91 Å². The van der Waals surface area contributed by atoms with Gasteiger partial charge in [-0.25, -0.2) is 14.6 Å². The summed E-state index contributed by atoms with van der Waals surface area (Å²) in [6.07, 6.45) is 9.68. The number of anilines is 1. The van der Waals surface area contributed by atoms with Gasteiger partial charge in [-0.2, -0.15) is 4.99 Å². The summed E-state index contributed by atoms with van der Waals surface area (Å²) in [7, 11) is 0. The van der Waals surface area contributed by atoms with Crippen LogP contribution in [0.5, 0.6) is 0 Å². The standard InChI is InChI=1S/C34H51ClN8O4/c1-4-6-26(7-5-2)32(37)40-34(45)39-27-8-14-41(15-9-27)23-46-47-30(22-25-20-24(3)31(36)29(35)21-25)33(44)43-16-10-28(11-17-43)42-18-12-38-13-19-42/h4-7,20-21,27-28,30,38H,1,8-19,22-23,36H2,2-3H3,(H3,37,39,40,45)/b7-5-,26-6+/t30-/m1/s1. The molecule has 47 heavy (non-hydrogen) atoms. The maximum Gasteiger partial charge on any atom is 0.343 e. The van der Waals surface area contributed by atoms with Gasteiger partial charge in [0.05, 0.1) is 10.7 Å². The number of benzene rings is 1. The minimum absolute atomic E-state index is 0.0401. The van der Waals surface area contributed by atoms with Crippen LogP contribution in [0.4, 0.5) is 10.5 Å². The molecular weight excluding hydrogens is 620 g/mol. The van der Waals surface area contributed by atoms with Crippen LogP contribution >= 0.6 is 11.6 Å². The van der Waals surface area contributed by atoms with Crippen LogP contribution in [0.2, 0.25) is 5.02 Å². The molecule has 3 aliphatic rings. The minimum Gasteiger partial charge on any atom is -0.397 e. The van der Waals surface area contributed by atoms with Crippen molar-refractivity contribution in [2.45, 2.75) is 64.1 Å². The maximum absolute atomic E-state index is 13.8. The Balaban J connectivity index is 1.29. The van der Waals surface area contributed by atoms with Gasteiger partial charge in [-0.1, -0.05) is 48.6 Å². The maximum atomic E-state index is 13.8. The summed E-state index contributed by atoms with van der Waals surface area (Å²) in [5, 5.41) is 6.81. The molecule has 0 aromatic heterocycles. The molecule has 3 heterocycles. The van der Waals surface area contributed by atoms with E-state index in [1.165, 1.54) is 0 Å². The molecule has 0 bridgehead atoms. The van der Waals surface area contributed by atoms with E-state index >= 15 is 0 Å². The number of aryl methyl sites for hydroxylation is 1. The molecule has 3 amide bonds. The van der Waals surface area contributed by atoms with E-state index < -0.39 is 12.1 Å². The highest BCUT2D eigenvalue weighted by molar-refractivity contribution is 6.33. The quantitative estimate of drug-likeness (QED) is 0.0657. The molecule has 0 aliphatic carbocycles. The molecule has 3 fully saturated rings. The van der Waals surface area contributed by atoms with Gasteiger partial charge in [-0.05, 0) is 56.7 Å². The summed E-state index contributed by atoms with van der Waals surface area (Å²) in [6.45, 7) is 14.5. The fraction of sp³-hybridized carbons (Fsp3) is 0.559. The average molecular weight is 671 g/mol. The van der Waals surface area contributed by atoms with E-state index in [0.717, 1.165) is 50.1 Å². The molecule has 13 heteroatoms. The number of piperazine rings is 1. The first kappa shape index (κ1) is 36.6. The predicted molar refractivity (Wildman–Crippen MR) is 187 cm³/mol. The number of aliphatic imine (C=N–C) groups is 1. The zero-order valence-corrected chi connectivity index (χ0v) is 28.5. The third-order valence-electron chi connectivity index (χ3n) is 9.03. The number of rotatable bonds is 12. The first-order chi connectivity index (χ1) is 22.7. The highest BCUT2D eigenvalue weighted by Gasteiger charge is 2.33. The lowest BCUT2D eigenvalue weighted by atomic mass is 10.00. The van der Waals surface area contributed by atoms with Crippen molar-refractivity contribution in [3.05, 3.63) is 64.7 Å². The summed E-state index contributed by atoms with van der Waals surface area (Å²) in [6, 6.07) is 3.71. The SMILES string of the molecule is C=C/C=C(\C=C/C)C(N)=NC(=O)NC1CCN(COO[C@H](Cc2cc(C)c(N)c(Cl)c2)C(=O)N2CCC(N3CCNCC3)CC2)CC1. The van der Waals surface area contributed by atoms with Crippen molar-refractivity contribution in [1.29, 1.82) is 0 Å². The Labute approximate surface area is 283 Å². The largest absolute Gasteiger partial charge is 0.397 e. The number of piperidine rings is 2. The van der Waals surface area contributed by atoms with Crippen molar-refractivity contribution in [1.82, 2.24) is 25.3 Å². The second kappa shape index (κ2) is 18.3. The van der Waals surface area contributed by atoms with E-state index in [-0.39, 0.29) is 24.5 Å². The van der Waals surface area contributed by atoms with E-state index in [1.54, 1.807) is 24.3 Å². The third kappa shape index (κ3) is 10.9. The number of hydrogen-bond acceptors (Lipinski definition) is 8. The van der Waals surface area contributed by atoms with E-state index in [1.807, 2.05) is 30.9 Å². The van der Waals surface area contributed by atoms with Crippen LogP contribution in [0, 0.1) is 6.92 Å². The van der Waals surface area contributed by atoms with Gasteiger partial charge in [0.2, 0.25) is 0 Å². The fourth-order valence-electron chi connectivity index (χ4n) is 6.33. The Morgan fingerprint density at radius 1 is 1.15 bits per heavy atom. The van der Waals surface area contributed by atoms with Crippen LogP contribution in [-0.2, 0) is 21.0 Å². The second-order valence-electron chi connectivity index (χ2n) is 12.4. The highest BCUT2D eigenvalue weighted by atomic mass is 35.5. The Morgan fingerprint density at radius 3 is 2.49 bits per heavy atom. The number of allylic oxidation sites excluding steroid dienone is 3. The summed E-state index contributed by atoms with van der Waals surface area (Å²) < 4.78 is 0. The number of amides is 3. The van der Waals surface area contributed by atoms with E-state index in [4.69, 9.17) is 32.8 Å². The van der Waals surface area contributed by atoms with Crippen molar-refractivity contribution in [2.24, 2.45) is 10.7 Å². The van der Waals surface area contributed by atoms with Crippen LogP contribution in [-0.4, -0.2) is 110 Å². The number of likely N-dealkylation sites (tertiary alicyclic amines) is 2. The molecule has 0 saturated carbocycles. The molecular formula is C34H51ClN8O4. The van der Waals surface area contributed by atoms with Crippen LogP contribution in [0.3, 0.4) is 0 Å². The van der Waals surface area contributed by atoms with E-state index in [2.05, 4.69) is 32.0 Å². The van der Waals surface area contributed by atoms with Crippen molar-refractivity contribution in [3.8, 4) is 0 Å². The van der Waals surface area contributed by atoms with Gasteiger partial charge in [0.1, 0.15) is 12.6 Å². The Morgan fingerprint density at radius 2 is 1.85 bits per heavy atom. The molecule has 3 saturated heterocycles. The first-order valence-electron chi connectivity index (χ1n) is 16.6. The molecule has 258 valence electrons. The summed E-state index contributed by atoms with van der Waals surface area (Å²) in [5.41, 5.74) is 14.9. The van der Waals surface area contributed by atoms with Gasteiger partial charge in [-0.15, -0.1) is 0 Å². The summed E-state index contributed by atoms with van der Waals surface area (Å²) >= 11 is 6.38. The molecule has 12 nitrogen and oxygen atoms in total. The highest BCUT2D eigenvalue weighted by Crippen LogP contribution is 2.26. The van der Waals surface area contributed by atoms with E-state index in [0.29, 0.717) is 67.8 Å². The zero-order chi connectivity index (χ0) is 33.8. The lowest BCUT2D eigenvalue weighted by molar-refractivity contribution is -0.336. The molecule has 6 N–H and O–H groups in total. The lowest BCUT2D eigenvalue weighted by Crippen LogP contribution is -2.54. The Kier molecular flexibility index (Phi) is 14.3. The molecule has 0 radical (unpaired) electrons. The molecule has 4 rings (SSSR count). The predicted octanol–water partition coefficient (Wildman–Crippen LogP) is 3.16. The number of carbonyl (C=O) groups is 2. The van der Waals surface area contributed by atoms with Crippen molar-refractivity contribution >= 4 is 35.1 Å². The topological polar surface area (TPSA) is 151 Å². The average Bonchev–Trinajstić information content (AvgIpc) is 3.07. The number of amidine groups is 1. The van der Waals surface area contributed by atoms with Crippen molar-refractivity contribution in [2.75, 3.05) is 64.8 Å². The van der Waals surface area contributed by atoms with Gasteiger partial charge in [0.15, 0.2) is 6.10 Å². The summed E-state index contributed by atoms with van der Waals surface area (Å²) in [4.78, 5) is 48.4. The molecule has 1 atom stereocenters. The van der Waals surface area contributed by atoms with Crippen LogP contribution in [0.25, 0.3) is 0 Å². The molecule has 0 unspecified atom stereocenters. The molecule has 0 spiro atoms. The van der Waals surface area contributed by atoms with E-state index in [9.17, 15) is 9.59 Å². The number of hydrogen-bond donors (Lipinski definition) is 4. The summed E-state index contributed by atoms with van der Waals surface area (Å²) in [5.74, 6) is 0.0454. The number of nitrogens with zero attached hydrogens (tertiary/aromatic N) is 4. The second-order valence-corrected chi connectivity index (χ2v) is 12.8.